The van der Waals surface area contributed by atoms with Crippen LogP contribution in [0.1, 0.15) is 17.0 Å². The van der Waals surface area contributed by atoms with Gasteiger partial charge in [0.25, 0.3) is 0 Å². The third-order valence-corrected chi connectivity index (χ3v) is 3.47. The van der Waals surface area contributed by atoms with E-state index in [0.29, 0.717) is 0 Å². The predicted molar refractivity (Wildman–Crippen MR) is 72.5 cm³/mol. The molecule has 0 aliphatic carbocycles. The molecule has 4 heteroatoms. The molecule has 2 rings (SSSR count). The molecule has 1 aliphatic heterocycles. The molecule has 18 heavy (non-hydrogen) atoms. The largest absolute Gasteiger partial charge is 0.344 e. The zero-order chi connectivity index (χ0) is 13.0. The van der Waals surface area contributed by atoms with Gasteiger partial charge in [0, 0.05) is 33.2 Å². The van der Waals surface area contributed by atoms with Crippen molar-refractivity contribution < 1.29 is 4.79 Å². The number of nitrogens with zero attached hydrogens (tertiary/aromatic N) is 1. The first-order chi connectivity index (χ1) is 8.74. The van der Waals surface area contributed by atoms with E-state index in [0.717, 1.165) is 26.2 Å². The van der Waals surface area contributed by atoms with Crippen LogP contribution in [0.2, 0.25) is 0 Å². The van der Waals surface area contributed by atoms with Gasteiger partial charge in [-0.3, -0.25) is 4.79 Å². The van der Waals surface area contributed by atoms with Crippen LogP contribution in [-0.2, 0) is 11.3 Å². The summed E-state index contributed by atoms with van der Waals surface area (Å²) in [6.45, 7) is 3.16. The molecule has 98 valence electrons. The molecule has 1 heterocycles. The van der Waals surface area contributed by atoms with Crippen LogP contribution in [0.4, 0.5) is 0 Å². The minimum absolute atomic E-state index is 0.0446. The Hall–Kier alpha value is -1.39. The number of hydrogen-bond donors (Lipinski definition) is 2. The van der Waals surface area contributed by atoms with Crippen LogP contribution in [-0.4, -0.2) is 44.5 Å². The molecule has 0 bridgehead atoms. The van der Waals surface area contributed by atoms with E-state index in [1.54, 1.807) is 0 Å². The van der Waals surface area contributed by atoms with Crippen molar-refractivity contribution in [2.45, 2.75) is 12.5 Å². The Morgan fingerprint density at radius 2 is 2.28 bits per heavy atom. The molecule has 0 fully saturated rings. The molecule has 1 aliphatic rings. The molecule has 1 atom stereocenters. The second-order valence-electron chi connectivity index (χ2n) is 4.75. The van der Waals surface area contributed by atoms with Crippen LogP contribution in [0.5, 0.6) is 0 Å². The van der Waals surface area contributed by atoms with Crippen molar-refractivity contribution in [1.29, 1.82) is 0 Å². The number of carbonyl (C=O) groups excluding carboxylic acids is 1. The third-order valence-electron chi connectivity index (χ3n) is 3.47. The Bertz CT molecular complexity index is 419. The van der Waals surface area contributed by atoms with Crippen molar-refractivity contribution in [2.75, 3.05) is 33.7 Å². The summed E-state index contributed by atoms with van der Waals surface area (Å²) in [4.78, 5) is 14.2. The molecular formula is C14H21N3O. The first kappa shape index (κ1) is 13.1. The summed E-state index contributed by atoms with van der Waals surface area (Å²) in [6.07, 6.45) is 0. The average molecular weight is 247 g/mol. The normalized spacial score (nSPS) is 18.2. The molecule has 1 aromatic carbocycles. The van der Waals surface area contributed by atoms with Crippen molar-refractivity contribution in [3.05, 3.63) is 35.4 Å². The van der Waals surface area contributed by atoms with Gasteiger partial charge in [-0.05, 0) is 18.2 Å². The van der Waals surface area contributed by atoms with Gasteiger partial charge < -0.3 is 15.5 Å². The zero-order valence-electron chi connectivity index (χ0n) is 11.1. The summed E-state index contributed by atoms with van der Waals surface area (Å²) in [5.74, 6) is 0.154. The lowest BCUT2D eigenvalue weighted by Crippen LogP contribution is -2.41. The summed E-state index contributed by atoms with van der Waals surface area (Å²) in [6, 6.07) is 8.20. The van der Waals surface area contributed by atoms with Gasteiger partial charge in [-0.1, -0.05) is 24.3 Å². The smallest absolute Gasteiger partial charge is 0.231 e. The maximum absolute atomic E-state index is 12.4. The molecule has 2 N–H and O–H groups in total. The van der Waals surface area contributed by atoms with E-state index in [1.165, 1.54) is 11.1 Å². The van der Waals surface area contributed by atoms with E-state index in [-0.39, 0.29) is 11.8 Å². The second-order valence-corrected chi connectivity index (χ2v) is 4.75. The first-order valence-corrected chi connectivity index (χ1v) is 6.42. The molecule has 0 spiro atoms. The summed E-state index contributed by atoms with van der Waals surface area (Å²) < 4.78 is 0. The number of amides is 1. The Labute approximate surface area is 108 Å². The fourth-order valence-electron chi connectivity index (χ4n) is 2.37. The van der Waals surface area contributed by atoms with E-state index < -0.39 is 0 Å². The number of carbonyl (C=O) groups is 1. The molecule has 1 unspecified atom stereocenters. The van der Waals surface area contributed by atoms with Crippen LogP contribution in [0, 0.1) is 0 Å². The van der Waals surface area contributed by atoms with Gasteiger partial charge in [-0.15, -0.1) is 0 Å². The second kappa shape index (κ2) is 5.98. The molecular weight excluding hydrogens is 226 g/mol. The van der Waals surface area contributed by atoms with E-state index in [4.69, 9.17) is 0 Å². The summed E-state index contributed by atoms with van der Waals surface area (Å²) in [7, 11) is 3.77. The number of benzene rings is 1. The van der Waals surface area contributed by atoms with Crippen molar-refractivity contribution in [3.63, 3.8) is 0 Å². The van der Waals surface area contributed by atoms with Gasteiger partial charge in [0.1, 0.15) is 0 Å². The van der Waals surface area contributed by atoms with Gasteiger partial charge in [0.2, 0.25) is 5.91 Å². The van der Waals surface area contributed by atoms with Gasteiger partial charge >= 0.3 is 0 Å². The standard InChI is InChI=1S/C14H21N3O/c1-15-7-8-17(2)14(18)13-10-16-9-11-5-3-4-6-12(11)13/h3-6,13,15-16H,7-10H2,1-2H3. The molecule has 0 radical (unpaired) electrons. The lowest BCUT2D eigenvalue weighted by Gasteiger charge is -2.29. The Morgan fingerprint density at radius 3 is 3.06 bits per heavy atom. The Balaban J connectivity index is 2.12. The quantitative estimate of drug-likeness (QED) is 0.817. The third kappa shape index (κ3) is 2.71. The van der Waals surface area contributed by atoms with Crippen LogP contribution < -0.4 is 10.6 Å². The molecule has 0 aromatic heterocycles. The summed E-state index contributed by atoms with van der Waals surface area (Å²) >= 11 is 0. The monoisotopic (exact) mass is 247 g/mol. The lowest BCUT2D eigenvalue weighted by molar-refractivity contribution is -0.131. The van der Waals surface area contributed by atoms with E-state index in [1.807, 2.05) is 31.1 Å². The molecule has 4 nitrogen and oxygen atoms in total. The minimum Gasteiger partial charge on any atom is -0.344 e. The highest BCUT2D eigenvalue weighted by molar-refractivity contribution is 5.84. The fraction of sp³-hybridized carbons (Fsp3) is 0.500. The Kier molecular flexibility index (Phi) is 4.33. The van der Waals surface area contributed by atoms with Gasteiger partial charge in [-0.2, -0.15) is 0 Å². The number of likely N-dealkylation sites (N-methyl/N-ethyl adjacent to an activating group) is 2. The maximum Gasteiger partial charge on any atom is 0.231 e. The summed E-state index contributed by atoms with van der Waals surface area (Å²) in [5.41, 5.74) is 2.42. The van der Waals surface area contributed by atoms with E-state index >= 15 is 0 Å². The van der Waals surface area contributed by atoms with E-state index in [2.05, 4.69) is 22.8 Å². The topological polar surface area (TPSA) is 44.4 Å². The van der Waals surface area contributed by atoms with Crippen molar-refractivity contribution in [2.24, 2.45) is 0 Å². The van der Waals surface area contributed by atoms with Crippen molar-refractivity contribution >= 4 is 5.91 Å². The molecule has 1 aromatic rings. The van der Waals surface area contributed by atoms with Gasteiger partial charge in [0.05, 0.1) is 5.92 Å². The predicted octanol–water partition coefficient (Wildman–Crippen LogP) is 0.551. The van der Waals surface area contributed by atoms with Crippen LogP contribution in [0.25, 0.3) is 0 Å². The highest BCUT2D eigenvalue weighted by Gasteiger charge is 2.27. The van der Waals surface area contributed by atoms with Crippen LogP contribution in [0.15, 0.2) is 24.3 Å². The van der Waals surface area contributed by atoms with Gasteiger partial charge in [0.15, 0.2) is 0 Å². The molecule has 0 saturated carbocycles. The van der Waals surface area contributed by atoms with Crippen molar-refractivity contribution in [3.8, 4) is 0 Å². The molecule has 1 amide bonds. The minimum atomic E-state index is -0.0446. The van der Waals surface area contributed by atoms with Gasteiger partial charge in [-0.25, -0.2) is 0 Å². The number of fused-ring (bicyclic) bond motifs is 1. The lowest BCUT2D eigenvalue weighted by atomic mass is 9.90. The zero-order valence-corrected chi connectivity index (χ0v) is 11.1. The fourth-order valence-corrected chi connectivity index (χ4v) is 2.37. The first-order valence-electron chi connectivity index (χ1n) is 6.42. The number of hydrogen-bond acceptors (Lipinski definition) is 3. The average Bonchev–Trinajstić information content (AvgIpc) is 2.43. The highest BCUT2D eigenvalue weighted by Crippen LogP contribution is 2.25. The maximum atomic E-state index is 12.4. The highest BCUT2D eigenvalue weighted by atomic mass is 16.2. The van der Waals surface area contributed by atoms with Crippen LogP contribution >= 0.6 is 0 Å². The van der Waals surface area contributed by atoms with Crippen LogP contribution in [0.3, 0.4) is 0 Å². The SMILES string of the molecule is CNCCN(C)C(=O)C1CNCc2ccccc21. The summed E-state index contributed by atoms with van der Waals surface area (Å²) in [5, 5.41) is 6.39. The Morgan fingerprint density at radius 1 is 1.50 bits per heavy atom. The van der Waals surface area contributed by atoms with Crippen molar-refractivity contribution in [1.82, 2.24) is 15.5 Å². The molecule has 0 saturated heterocycles. The number of nitrogens with one attached hydrogen (secondary N) is 2. The van der Waals surface area contributed by atoms with E-state index in [9.17, 15) is 4.79 Å². The number of rotatable bonds is 4.